The van der Waals surface area contributed by atoms with Crippen LogP contribution in [0.2, 0.25) is 0 Å². The summed E-state index contributed by atoms with van der Waals surface area (Å²) in [5, 5.41) is 2.61. The zero-order chi connectivity index (χ0) is 9.68. The molecule has 0 aliphatic heterocycles. The van der Waals surface area contributed by atoms with Gasteiger partial charge in [-0.05, 0) is 6.07 Å². The van der Waals surface area contributed by atoms with Crippen molar-refractivity contribution in [1.29, 1.82) is 0 Å². The number of halogens is 2. The Hall–Kier alpha value is -1.09. The Balaban J connectivity index is 0.00000169. The Kier molecular flexibility index (Phi) is 5.88. The van der Waals surface area contributed by atoms with E-state index in [0.717, 1.165) is 0 Å². The summed E-state index contributed by atoms with van der Waals surface area (Å²) in [5.41, 5.74) is 0.518. The molecule has 0 heterocycles. The van der Waals surface area contributed by atoms with Crippen LogP contribution in [0.3, 0.4) is 0 Å². The van der Waals surface area contributed by atoms with Gasteiger partial charge in [0, 0.05) is 18.5 Å². The fourth-order valence-electron chi connectivity index (χ4n) is 0.961. The fraction of sp³-hybridized carbons (Fsp3) is 0.300. The van der Waals surface area contributed by atoms with Crippen molar-refractivity contribution in [3.63, 3.8) is 0 Å². The molecule has 1 N–H and O–H groups in total. The van der Waals surface area contributed by atoms with Crippen molar-refractivity contribution < 1.29 is 9.18 Å². The Labute approximate surface area is 88.9 Å². The topological polar surface area (TPSA) is 29.1 Å². The fourth-order valence-corrected chi connectivity index (χ4v) is 0.961. The van der Waals surface area contributed by atoms with E-state index >= 15 is 0 Å². The van der Waals surface area contributed by atoms with Crippen LogP contribution in [-0.4, -0.2) is 5.91 Å². The number of amides is 1. The van der Waals surface area contributed by atoms with Crippen molar-refractivity contribution in [2.24, 2.45) is 0 Å². The van der Waals surface area contributed by atoms with Crippen LogP contribution in [0.15, 0.2) is 24.3 Å². The first-order chi connectivity index (χ1) is 6.24. The monoisotopic (exact) mass is 217 g/mol. The van der Waals surface area contributed by atoms with Crippen molar-refractivity contribution in [2.45, 2.75) is 19.9 Å². The summed E-state index contributed by atoms with van der Waals surface area (Å²) >= 11 is 0. The molecule has 1 rings (SSSR count). The smallest absolute Gasteiger partial charge is 0.219 e. The average molecular weight is 218 g/mol. The minimum atomic E-state index is -0.279. The first-order valence-corrected chi connectivity index (χ1v) is 4.24. The predicted octanol–water partition coefficient (Wildman–Crippen LogP) is 2.27. The van der Waals surface area contributed by atoms with Gasteiger partial charge in [0.05, 0.1) is 0 Å². The number of hydrogen-bond acceptors (Lipinski definition) is 1. The number of benzene rings is 1. The largest absolute Gasteiger partial charge is 0.352 e. The van der Waals surface area contributed by atoms with Crippen LogP contribution in [0.5, 0.6) is 0 Å². The molecule has 0 saturated heterocycles. The molecule has 0 atom stereocenters. The van der Waals surface area contributed by atoms with Crippen molar-refractivity contribution in [3.05, 3.63) is 35.6 Å². The van der Waals surface area contributed by atoms with E-state index in [4.69, 9.17) is 0 Å². The van der Waals surface area contributed by atoms with Crippen LogP contribution in [0.25, 0.3) is 0 Å². The third kappa shape index (κ3) is 3.75. The number of nitrogens with one attached hydrogen (secondary N) is 1. The molecule has 78 valence electrons. The van der Waals surface area contributed by atoms with Crippen LogP contribution in [0.1, 0.15) is 18.9 Å². The normalized spacial score (nSPS) is 9.00. The molecule has 0 aliphatic carbocycles. The molecule has 14 heavy (non-hydrogen) atoms. The maximum Gasteiger partial charge on any atom is 0.219 e. The van der Waals surface area contributed by atoms with Gasteiger partial charge in [0.2, 0.25) is 5.91 Å². The highest BCUT2D eigenvalue weighted by Crippen LogP contribution is 2.05. The van der Waals surface area contributed by atoms with Crippen LogP contribution in [-0.2, 0) is 11.3 Å². The first-order valence-electron chi connectivity index (χ1n) is 4.24. The van der Waals surface area contributed by atoms with Gasteiger partial charge >= 0.3 is 0 Å². The summed E-state index contributed by atoms with van der Waals surface area (Å²) in [6.45, 7) is 2.02. The van der Waals surface area contributed by atoms with Crippen LogP contribution in [0.4, 0.5) is 4.39 Å². The second-order valence-electron chi connectivity index (χ2n) is 2.72. The molecule has 4 heteroatoms. The molecule has 2 nitrogen and oxygen atoms in total. The second kappa shape index (κ2) is 6.38. The van der Waals surface area contributed by atoms with E-state index in [-0.39, 0.29) is 30.7 Å². The zero-order valence-corrected chi connectivity index (χ0v) is 8.73. The summed E-state index contributed by atoms with van der Waals surface area (Å²) in [4.78, 5) is 10.9. The molecular weight excluding hydrogens is 205 g/mol. The van der Waals surface area contributed by atoms with Gasteiger partial charge in [-0.25, -0.2) is 4.39 Å². The van der Waals surface area contributed by atoms with Crippen LogP contribution in [0, 0.1) is 5.82 Å². The number of hydrogen-bond donors (Lipinski definition) is 1. The van der Waals surface area contributed by atoms with Gasteiger partial charge in [-0.1, -0.05) is 25.1 Å². The quantitative estimate of drug-likeness (QED) is 0.827. The molecule has 0 bridgehead atoms. The molecular formula is C10H13ClFNO. The lowest BCUT2D eigenvalue weighted by Gasteiger charge is -2.03. The minimum absolute atomic E-state index is 0. The molecule has 1 aromatic carbocycles. The highest BCUT2D eigenvalue weighted by molar-refractivity contribution is 5.85. The zero-order valence-electron chi connectivity index (χ0n) is 7.92. The van der Waals surface area contributed by atoms with Gasteiger partial charge in [-0.2, -0.15) is 0 Å². The molecule has 1 amide bonds. The minimum Gasteiger partial charge on any atom is -0.352 e. The molecule has 0 spiro atoms. The molecule has 1 aromatic rings. The number of carbonyl (C=O) groups is 1. The highest BCUT2D eigenvalue weighted by Gasteiger charge is 2.01. The van der Waals surface area contributed by atoms with Gasteiger partial charge < -0.3 is 5.32 Å². The maximum atomic E-state index is 13.0. The second-order valence-corrected chi connectivity index (χ2v) is 2.72. The van der Waals surface area contributed by atoms with Gasteiger partial charge in [0.15, 0.2) is 0 Å². The van der Waals surface area contributed by atoms with Gasteiger partial charge in [-0.3, -0.25) is 4.79 Å². The van der Waals surface area contributed by atoms with Crippen molar-refractivity contribution in [1.82, 2.24) is 5.32 Å². The van der Waals surface area contributed by atoms with E-state index in [1.165, 1.54) is 6.07 Å². The van der Waals surface area contributed by atoms with E-state index in [1.807, 2.05) is 0 Å². The van der Waals surface area contributed by atoms with Crippen molar-refractivity contribution in [3.8, 4) is 0 Å². The van der Waals surface area contributed by atoms with Gasteiger partial charge in [-0.15, -0.1) is 12.4 Å². The summed E-state index contributed by atoms with van der Waals surface area (Å²) in [6, 6.07) is 6.41. The van der Waals surface area contributed by atoms with E-state index in [0.29, 0.717) is 12.0 Å². The van der Waals surface area contributed by atoms with E-state index < -0.39 is 0 Å². The molecule has 0 radical (unpaired) electrons. The van der Waals surface area contributed by atoms with E-state index in [9.17, 15) is 9.18 Å². The standard InChI is InChI=1S/C10H12FNO.ClH/c1-2-10(13)12-7-8-5-3-4-6-9(8)11;/h3-6H,2,7H2,1H3,(H,12,13);1H. The van der Waals surface area contributed by atoms with Gasteiger partial charge in [0.25, 0.3) is 0 Å². The molecule has 0 aromatic heterocycles. The Morgan fingerprint density at radius 3 is 2.64 bits per heavy atom. The van der Waals surface area contributed by atoms with Crippen molar-refractivity contribution in [2.75, 3.05) is 0 Å². The third-order valence-corrected chi connectivity index (χ3v) is 1.75. The Morgan fingerprint density at radius 1 is 1.43 bits per heavy atom. The van der Waals surface area contributed by atoms with Crippen LogP contribution < -0.4 is 5.32 Å². The Morgan fingerprint density at radius 2 is 2.07 bits per heavy atom. The lowest BCUT2D eigenvalue weighted by Crippen LogP contribution is -2.21. The van der Waals surface area contributed by atoms with Crippen LogP contribution >= 0.6 is 12.4 Å². The average Bonchev–Trinajstić information content (AvgIpc) is 2.16. The molecule has 0 aliphatic rings. The predicted molar refractivity (Wildman–Crippen MR) is 55.8 cm³/mol. The lowest BCUT2D eigenvalue weighted by molar-refractivity contribution is -0.120. The lowest BCUT2D eigenvalue weighted by atomic mass is 10.2. The molecule has 0 fully saturated rings. The van der Waals surface area contributed by atoms with Crippen molar-refractivity contribution >= 4 is 18.3 Å². The third-order valence-electron chi connectivity index (χ3n) is 1.75. The maximum absolute atomic E-state index is 13.0. The summed E-state index contributed by atoms with van der Waals surface area (Å²) < 4.78 is 13.0. The van der Waals surface area contributed by atoms with E-state index in [1.54, 1.807) is 25.1 Å². The first kappa shape index (κ1) is 12.9. The molecule has 0 saturated carbocycles. The summed E-state index contributed by atoms with van der Waals surface area (Å²) in [6.07, 6.45) is 0.425. The Bertz CT molecular complexity index is 304. The number of rotatable bonds is 3. The highest BCUT2D eigenvalue weighted by atomic mass is 35.5. The van der Waals surface area contributed by atoms with E-state index in [2.05, 4.69) is 5.32 Å². The molecule has 0 unspecified atom stereocenters. The summed E-state index contributed by atoms with van der Waals surface area (Å²) in [7, 11) is 0. The number of carbonyl (C=O) groups excluding carboxylic acids is 1. The SMILES string of the molecule is CCC(=O)NCc1ccccc1F.Cl. The van der Waals surface area contributed by atoms with Gasteiger partial charge in [0.1, 0.15) is 5.82 Å². The summed E-state index contributed by atoms with van der Waals surface area (Å²) in [5.74, 6) is -0.345.